The minimum absolute atomic E-state index is 0.0458. The molecule has 0 radical (unpaired) electrons. The van der Waals surface area contributed by atoms with Gasteiger partial charge in [-0.15, -0.1) is 0 Å². The topological polar surface area (TPSA) is 104 Å². The van der Waals surface area contributed by atoms with E-state index < -0.39 is 17.7 Å². The number of benzene rings is 2. The van der Waals surface area contributed by atoms with Gasteiger partial charge in [0.2, 0.25) is 5.75 Å². The minimum atomic E-state index is -0.893. The molecular formula is C24H27NO8. The molecule has 9 nitrogen and oxygen atoms in total. The number of carbonyl (C=O) groups is 2. The van der Waals surface area contributed by atoms with Crippen LogP contribution in [0, 0.1) is 0 Å². The predicted molar refractivity (Wildman–Crippen MR) is 120 cm³/mol. The molecule has 2 aromatic carbocycles. The molecule has 0 bridgehead atoms. The van der Waals surface area contributed by atoms with Crippen LogP contribution in [0.15, 0.2) is 42.0 Å². The Balaban J connectivity index is 2.23. The number of rotatable bonds is 9. The minimum Gasteiger partial charge on any atom is -0.507 e. The molecule has 0 aliphatic carbocycles. The van der Waals surface area contributed by atoms with Gasteiger partial charge in [0.1, 0.15) is 11.5 Å². The van der Waals surface area contributed by atoms with Gasteiger partial charge in [-0.2, -0.15) is 0 Å². The van der Waals surface area contributed by atoms with E-state index in [4.69, 9.17) is 23.7 Å². The van der Waals surface area contributed by atoms with Gasteiger partial charge in [-0.05, 0) is 42.0 Å². The molecular weight excluding hydrogens is 430 g/mol. The van der Waals surface area contributed by atoms with Gasteiger partial charge in [-0.25, -0.2) is 0 Å². The maximum Gasteiger partial charge on any atom is 0.295 e. The van der Waals surface area contributed by atoms with E-state index in [9.17, 15) is 14.7 Å². The van der Waals surface area contributed by atoms with Crippen LogP contribution in [-0.4, -0.2) is 70.4 Å². The van der Waals surface area contributed by atoms with Gasteiger partial charge in [0.05, 0.1) is 46.7 Å². The normalized spacial score (nSPS) is 17.2. The van der Waals surface area contributed by atoms with E-state index >= 15 is 0 Å². The lowest BCUT2D eigenvalue weighted by molar-refractivity contribution is -0.140. The van der Waals surface area contributed by atoms with Crippen LogP contribution in [0.3, 0.4) is 0 Å². The third kappa shape index (κ3) is 4.45. The van der Waals surface area contributed by atoms with Crippen LogP contribution < -0.4 is 18.9 Å². The first kappa shape index (κ1) is 23.9. The van der Waals surface area contributed by atoms with E-state index in [0.717, 1.165) is 0 Å². The van der Waals surface area contributed by atoms with Crippen LogP contribution in [-0.2, 0) is 14.3 Å². The van der Waals surface area contributed by atoms with Gasteiger partial charge in [-0.3, -0.25) is 9.59 Å². The number of hydrogen-bond acceptors (Lipinski definition) is 8. The fourth-order valence-corrected chi connectivity index (χ4v) is 3.81. The van der Waals surface area contributed by atoms with Crippen LogP contribution in [0.4, 0.5) is 0 Å². The van der Waals surface area contributed by atoms with Crippen molar-refractivity contribution in [3.8, 4) is 23.0 Å². The summed E-state index contributed by atoms with van der Waals surface area (Å²) in [6.45, 7) is 0.346. The van der Waals surface area contributed by atoms with Crippen molar-refractivity contribution < 1.29 is 38.4 Å². The number of ketones is 1. The smallest absolute Gasteiger partial charge is 0.295 e. The maximum absolute atomic E-state index is 13.1. The zero-order valence-corrected chi connectivity index (χ0v) is 19.2. The van der Waals surface area contributed by atoms with Crippen molar-refractivity contribution in [2.24, 2.45) is 0 Å². The molecule has 1 amide bonds. The summed E-state index contributed by atoms with van der Waals surface area (Å²) >= 11 is 0. The van der Waals surface area contributed by atoms with Gasteiger partial charge >= 0.3 is 0 Å². The number of aliphatic hydroxyl groups is 1. The summed E-state index contributed by atoms with van der Waals surface area (Å²) in [6, 6.07) is 8.95. The molecule has 1 aliphatic heterocycles. The molecule has 0 unspecified atom stereocenters. The lowest BCUT2D eigenvalue weighted by Crippen LogP contribution is -2.32. The zero-order chi connectivity index (χ0) is 24.1. The van der Waals surface area contributed by atoms with Crippen LogP contribution in [0.25, 0.3) is 5.76 Å². The fraction of sp³-hybridized carbons (Fsp3) is 0.333. The van der Waals surface area contributed by atoms with E-state index in [-0.39, 0.29) is 24.5 Å². The van der Waals surface area contributed by atoms with E-state index in [1.165, 1.54) is 40.4 Å². The van der Waals surface area contributed by atoms with E-state index in [1.807, 2.05) is 0 Å². The van der Waals surface area contributed by atoms with E-state index in [1.54, 1.807) is 36.4 Å². The van der Waals surface area contributed by atoms with Crippen LogP contribution >= 0.6 is 0 Å². The molecule has 2 aromatic rings. The Morgan fingerprint density at radius 1 is 0.909 bits per heavy atom. The van der Waals surface area contributed by atoms with Gasteiger partial charge in [0.15, 0.2) is 11.5 Å². The Morgan fingerprint density at radius 2 is 1.52 bits per heavy atom. The van der Waals surface area contributed by atoms with Crippen molar-refractivity contribution in [3.63, 3.8) is 0 Å². The quantitative estimate of drug-likeness (QED) is 0.348. The van der Waals surface area contributed by atoms with Gasteiger partial charge < -0.3 is 33.7 Å². The first-order valence-electron chi connectivity index (χ1n) is 10.1. The second kappa shape index (κ2) is 10.3. The number of Topliss-reactive ketones (excluding diaryl/α,β-unsaturated/α-hetero) is 1. The molecule has 1 N–H and O–H groups in total. The Hall–Kier alpha value is -3.72. The highest BCUT2D eigenvalue weighted by Gasteiger charge is 2.46. The molecule has 0 spiro atoms. The summed E-state index contributed by atoms with van der Waals surface area (Å²) in [5.41, 5.74) is 0.836. The van der Waals surface area contributed by atoms with Crippen LogP contribution in [0.2, 0.25) is 0 Å². The first-order chi connectivity index (χ1) is 15.9. The number of methoxy groups -OCH3 is 5. The Bertz CT molecular complexity index is 1040. The molecule has 1 atom stereocenters. The molecule has 0 saturated carbocycles. The van der Waals surface area contributed by atoms with Crippen molar-refractivity contribution in [2.75, 3.05) is 48.7 Å². The van der Waals surface area contributed by atoms with Crippen LogP contribution in [0.1, 0.15) is 17.2 Å². The molecule has 9 heteroatoms. The highest BCUT2D eigenvalue weighted by Crippen LogP contribution is 2.45. The van der Waals surface area contributed by atoms with Gasteiger partial charge in [-0.1, -0.05) is 0 Å². The van der Waals surface area contributed by atoms with Crippen molar-refractivity contribution in [3.05, 3.63) is 53.1 Å². The maximum atomic E-state index is 13.1. The second-order valence-corrected chi connectivity index (χ2v) is 7.17. The summed E-state index contributed by atoms with van der Waals surface area (Å²) in [6.07, 6.45) is 0. The number of carbonyl (C=O) groups excluding carboxylic acids is 2. The van der Waals surface area contributed by atoms with Crippen molar-refractivity contribution >= 4 is 17.4 Å². The lowest BCUT2D eigenvalue weighted by atomic mass is 9.94. The Labute approximate surface area is 192 Å². The molecule has 1 fully saturated rings. The Kier molecular flexibility index (Phi) is 7.44. The third-order valence-electron chi connectivity index (χ3n) is 5.44. The number of aliphatic hydroxyl groups excluding tert-OH is 1. The average Bonchev–Trinajstić information content (AvgIpc) is 3.10. The molecule has 3 rings (SSSR count). The molecule has 1 aliphatic rings. The molecule has 1 saturated heterocycles. The zero-order valence-electron chi connectivity index (χ0n) is 19.2. The monoisotopic (exact) mass is 457 g/mol. The molecule has 1 heterocycles. The summed E-state index contributed by atoms with van der Waals surface area (Å²) in [5, 5.41) is 11.1. The first-order valence-corrected chi connectivity index (χ1v) is 10.1. The number of likely N-dealkylation sites (tertiary alicyclic amines) is 1. The number of amides is 1. The van der Waals surface area contributed by atoms with Crippen molar-refractivity contribution in [1.82, 2.24) is 4.90 Å². The van der Waals surface area contributed by atoms with Gasteiger partial charge in [0, 0.05) is 19.2 Å². The summed E-state index contributed by atoms with van der Waals surface area (Å²) in [7, 11) is 7.46. The van der Waals surface area contributed by atoms with E-state index in [2.05, 4.69) is 0 Å². The lowest BCUT2D eigenvalue weighted by Gasteiger charge is -2.26. The number of ether oxygens (including phenoxy) is 5. The summed E-state index contributed by atoms with van der Waals surface area (Å²) < 4.78 is 26.6. The van der Waals surface area contributed by atoms with Crippen molar-refractivity contribution in [2.45, 2.75) is 6.04 Å². The van der Waals surface area contributed by atoms with Crippen LogP contribution in [0.5, 0.6) is 23.0 Å². The highest BCUT2D eigenvalue weighted by molar-refractivity contribution is 6.46. The van der Waals surface area contributed by atoms with Gasteiger partial charge in [0.25, 0.3) is 11.7 Å². The summed E-state index contributed by atoms with van der Waals surface area (Å²) in [4.78, 5) is 27.4. The highest BCUT2D eigenvalue weighted by atomic mass is 16.5. The van der Waals surface area contributed by atoms with Crippen molar-refractivity contribution in [1.29, 1.82) is 0 Å². The molecule has 0 aromatic heterocycles. The standard InChI is InChI=1S/C24H27NO8/c1-29-11-10-25-20(15-12-17(31-3)23(33-5)18(13-15)32-4)19(22(27)24(25)28)21(26)14-6-8-16(30-2)9-7-14/h6-9,12-13,20,26H,10-11H2,1-5H3/t20-/m0/s1. The second-order valence-electron chi connectivity index (χ2n) is 7.17. The summed E-state index contributed by atoms with van der Waals surface area (Å²) in [5.74, 6) is -0.156. The molecule has 176 valence electrons. The fourth-order valence-electron chi connectivity index (χ4n) is 3.81. The SMILES string of the molecule is COCCN1C(=O)C(=O)C(=C(O)c2ccc(OC)cc2)[C@@H]1c1cc(OC)c(OC)c(OC)c1. The largest absolute Gasteiger partial charge is 0.507 e. The Morgan fingerprint density at radius 3 is 2.00 bits per heavy atom. The third-order valence-corrected chi connectivity index (χ3v) is 5.44. The molecule has 33 heavy (non-hydrogen) atoms. The number of nitrogens with zero attached hydrogens (tertiary/aromatic N) is 1. The van der Waals surface area contributed by atoms with E-state index in [0.29, 0.717) is 34.1 Å². The predicted octanol–water partition coefficient (Wildman–Crippen LogP) is 2.79. The number of hydrogen-bond donors (Lipinski definition) is 1. The average molecular weight is 457 g/mol.